The van der Waals surface area contributed by atoms with Crippen LogP contribution in [0.3, 0.4) is 0 Å². The smallest absolute Gasteiger partial charge is 0.165 e. The molecule has 2 aromatic heterocycles. The Hall–Kier alpha value is -6.72. The third-order valence-electron chi connectivity index (χ3n) is 9.11. The molecule has 0 amide bonds. The van der Waals surface area contributed by atoms with Gasteiger partial charge < -0.3 is 4.74 Å². The van der Waals surface area contributed by atoms with Gasteiger partial charge in [-0.2, -0.15) is 0 Å². The average molecular weight is 643 g/mol. The van der Waals surface area contributed by atoms with E-state index in [0.29, 0.717) is 24.1 Å². The number of fused-ring (bicyclic) bond motifs is 3. The van der Waals surface area contributed by atoms with Crippen molar-refractivity contribution in [3.05, 3.63) is 176 Å². The fraction of sp³-hybridized carbons (Fsp3) is 0.0222. The third kappa shape index (κ3) is 5.61. The minimum Gasteiger partial charge on any atom is -0.488 e. The summed E-state index contributed by atoms with van der Waals surface area (Å²) in [6.45, 7) is 0.562. The Balaban J connectivity index is 1.13. The number of hydrogen-bond donors (Lipinski definition) is 0. The topological polar surface area (TPSA) is 60.8 Å². The highest BCUT2D eigenvalue weighted by atomic mass is 16.5. The van der Waals surface area contributed by atoms with E-state index in [1.54, 1.807) is 0 Å². The molecule has 9 rings (SSSR count). The number of nitrogens with zero attached hydrogens (tertiary/aromatic N) is 4. The van der Waals surface area contributed by atoms with E-state index in [0.717, 1.165) is 61.5 Å². The highest BCUT2D eigenvalue weighted by Gasteiger charge is 2.21. The summed E-state index contributed by atoms with van der Waals surface area (Å²) < 4.78 is 6.13. The van der Waals surface area contributed by atoms with Gasteiger partial charge >= 0.3 is 0 Å². The maximum absolute atomic E-state index is 6.13. The number of ether oxygens (including phenoxy) is 1. The zero-order valence-electron chi connectivity index (χ0n) is 27.1. The molecule has 0 radical (unpaired) electrons. The van der Waals surface area contributed by atoms with Crippen LogP contribution in [0, 0.1) is 0 Å². The summed E-state index contributed by atoms with van der Waals surface area (Å²) in [4.78, 5) is 20.0. The van der Waals surface area contributed by atoms with Crippen LogP contribution in [0.2, 0.25) is 0 Å². The van der Waals surface area contributed by atoms with Gasteiger partial charge in [0.15, 0.2) is 17.5 Å². The molecule has 0 N–H and O–H groups in total. The standard InChI is InChI=1S/C45H30N4O/c1-3-11-30(12-4-1)32-21-23-33(24-22-32)43-47-44(35-17-9-16-34(27-35)31-13-5-2-6-14-31)49-45(48-43)36-25-26-40(46-28-36)39-19-10-20-41-42(39)38-18-8-7-15-37(38)29-50-41/h1-28H,29H2. The SMILES string of the molecule is c1ccc(-c2ccc(-c3nc(-c4ccc(-c5cccc6c5-c5ccccc5CO6)nc4)nc(-c4cccc(-c5ccccc5)c4)n3)cc2)cc1. The number of hydrogen-bond acceptors (Lipinski definition) is 5. The van der Waals surface area contributed by atoms with Gasteiger partial charge in [-0.15, -0.1) is 0 Å². The Labute approximate surface area is 290 Å². The van der Waals surface area contributed by atoms with Crippen LogP contribution in [0.5, 0.6) is 5.75 Å². The van der Waals surface area contributed by atoms with Crippen molar-refractivity contribution < 1.29 is 4.74 Å². The van der Waals surface area contributed by atoms with E-state index in [2.05, 4.69) is 103 Å². The van der Waals surface area contributed by atoms with E-state index >= 15 is 0 Å². The Morgan fingerprint density at radius 3 is 1.68 bits per heavy atom. The molecule has 50 heavy (non-hydrogen) atoms. The lowest BCUT2D eigenvalue weighted by Crippen LogP contribution is -2.06. The van der Waals surface area contributed by atoms with Crippen LogP contribution in [0.15, 0.2) is 170 Å². The molecule has 0 aliphatic carbocycles. The molecule has 0 saturated carbocycles. The van der Waals surface area contributed by atoms with Gasteiger partial charge in [0.25, 0.3) is 0 Å². The fourth-order valence-electron chi connectivity index (χ4n) is 6.55. The summed E-state index contributed by atoms with van der Waals surface area (Å²) in [6, 6.07) is 56.0. The molecule has 0 atom stereocenters. The number of pyridine rings is 1. The van der Waals surface area contributed by atoms with Gasteiger partial charge in [0.2, 0.25) is 0 Å². The summed E-state index contributed by atoms with van der Waals surface area (Å²) in [5.41, 5.74) is 12.5. The number of benzene rings is 6. The first-order valence-corrected chi connectivity index (χ1v) is 16.7. The summed E-state index contributed by atoms with van der Waals surface area (Å²) in [5, 5.41) is 0. The van der Waals surface area contributed by atoms with Crippen LogP contribution < -0.4 is 4.74 Å². The van der Waals surface area contributed by atoms with E-state index in [4.69, 9.17) is 24.7 Å². The van der Waals surface area contributed by atoms with Gasteiger partial charge in [-0.1, -0.05) is 140 Å². The summed E-state index contributed by atoms with van der Waals surface area (Å²) in [5.74, 6) is 2.63. The largest absolute Gasteiger partial charge is 0.488 e. The second-order valence-electron chi connectivity index (χ2n) is 12.3. The van der Waals surface area contributed by atoms with E-state index in [1.165, 1.54) is 11.1 Å². The zero-order valence-corrected chi connectivity index (χ0v) is 27.1. The van der Waals surface area contributed by atoms with Crippen molar-refractivity contribution in [2.24, 2.45) is 0 Å². The Morgan fingerprint density at radius 2 is 0.940 bits per heavy atom. The molecule has 3 heterocycles. The van der Waals surface area contributed by atoms with Crippen molar-refractivity contribution in [3.8, 4) is 84.6 Å². The van der Waals surface area contributed by atoms with Gasteiger partial charge in [-0.05, 0) is 57.6 Å². The van der Waals surface area contributed by atoms with Gasteiger partial charge in [-0.3, -0.25) is 4.98 Å². The van der Waals surface area contributed by atoms with Crippen molar-refractivity contribution in [2.75, 3.05) is 0 Å². The maximum Gasteiger partial charge on any atom is 0.165 e. The minimum atomic E-state index is 0.560. The summed E-state index contributed by atoms with van der Waals surface area (Å²) >= 11 is 0. The molecule has 8 aromatic rings. The van der Waals surface area contributed by atoms with E-state index < -0.39 is 0 Å². The molecule has 6 aromatic carbocycles. The van der Waals surface area contributed by atoms with Crippen molar-refractivity contribution >= 4 is 0 Å². The second-order valence-corrected chi connectivity index (χ2v) is 12.3. The number of rotatable bonds is 6. The second kappa shape index (κ2) is 12.7. The van der Waals surface area contributed by atoms with E-state index in [1.807, 2.05) is 66.9 Å². The highest BCUT2D eigenvalue weighted by Crippen LogP contribution is 2.43. The molecule has 236 valence electrons. The Kier molecular flexibility index (Phi) is 7.48. The monoisotopic (exact) mass is 642 g/mol. The van der Waals surface area contributed by atoms with Crippen LogP contribution in [0.1, 0.15) is 5.56 Å². The van der Waals surface area contributed by atoms with Crippen LogP contribution >= 0.6 is 0 Å². The van der Waals surface area contributed by atoms with Crippen molar-refractivity contribution in [1.82, 2.24) is 19.9 Å². The molecule has 5 heteroatoms. The molecular formula is C45H30N4O. The Morgan fingerprint density at radius 1 is 0.400 bits per heavy atom. The molecule has 5 nitrogen and oxygen atoms in total. The molecule has 1 aliphatic rings. The quantitative estimate of drug-likeness (QED) is 0.181. The van der Waals surface area contributed by atoms with Crippen LogP contribution in [0.25, 0.3) is 78.8 Å². The Bertz CT molecular complexity index is 2460. The van der Waals surface area contributed by atoms with Gasteiger partial charge in [0.1, 0.15) is 12.4 Å². The first-order chi connectivity index (χ1) is 24.8. The summed E-state index contributed by atoms with van der Waals surface area (Å²) in [7, 11) is 0. The molecule has 0 saturated heterocycles. The summed E-state index contributed by atoms with van der Waals surface area (Å²) in [6.07, 6.45) is 1.85. The average Bonchev–Trinajstić information content (AvgIpc) is 3.21. The third-order valence-corrected chi connectivity index (χ3v) is 9.11. The predicted octanol–water partition coefficient (Wildman–Crippen LogP) is 10.8. The zero-order chi connectivity index (χ0) is 33.3. The molecule has 0 unspecified atom stereocenters. The molecule has 1 aliphatic heterocycles. The lowest BCUT2D eigenvalue weighted by atomic mass is 9.91. The normalized spacial score (nSPS) is 11.7. The van der Waals surface area contributed by atoms with Gasteiger partial charge in [-0.25, -0.2) is 15.0 Å². The highest BCUT2D eigenvalue weighted by molar-refractivity contribution is 5.89. The predicted molar refractivity (Wildman–Crippen MR) is 200 cm³/mol. The molecule has 0 spiro atoms. The van der Waals surface area contributed by atoms with E-state index in [9.17, 15) is 0 Å². The van der Waals surface area contributed by atoms with Crippen molar-refractivity contribution in [1.29, 1.82) is 0 Å². The minimum absolute atomic E-state index is 0.560. The molecular weight excluding hydrogens is 613 g/mol. The molecule has 0 bridgehead atoms. The van der Waals surface area contributed by atoms with Crippen LogP contribution in [-0.2, 0) is 6.61 Å². The van der Waals surface area contributed by atoms with Crippen molar-refractivity contribution in [3.63, 3.8) is 0 Å². The maximum atomic E-state index is 6.13. The first kappa shape index (κ1) is 29.4. The first-order valence-electron chi connectivity index (χ1n) is 16.7. The van der Waals surface area contributed by atoms with Crippen LogP contribution in [0.4, 0.5) is 0 Å². The van der Waals surface area contributed by atoms with Crippen molar-refractivity contribution in [2.45, 2.75) is 6.61 Å². The van der Waals surface area contributed by atoms with E-state index in [-0.39, 0.29) is 0 Å². The van der Waals surface area contributed by atoms with Crippen LogP contribution in [-0.4, -0.2) is 19.9 Å². The molecule has 0 fully saturated rings. The number of aromatic nitrogens is 4. The fourth-order valence-corrected chi connectivity index (χ4v) is 6.55. The van der Waals surface area contributed by atoms with Gasteiger partial charge in [0, 0.05) is 34.0 Å². The van der Waals surface area contributed by atoms with Gasteiger partial charge in [0.05, 0.1) is 5.69 Å². The lowest BCUT2D eigenvalue weighted by Gasteiger charge is -2.23. The lowest BCUT2D eigenvalue weighted by molar-refractivity contribution is 0.302.